The van der Waals surface area contributed by atoms with Crippen molar-refractivity contribution in [1.29, 1.82) is 0 Å². The van der Waals surface area contributed by atoms with Crippen LogP contribution >= 0.6 is 7.80 Å². The Morgan fingerprint density at radius 2 is 1.83 bits per heavy atom. The standard InChI is InChI=1S/C31H36F3N8O4P/c1-6-11-47(45)16-19-7-8-23(25(12-19)46-5)40-29-36-14-21(31(32,33)34)27(41-29)39-24-10-9-22(38-26(24)28(44)35-4)20-13-37-42(15-20)17-30(2,3)18-43/h7-10,12-15,43H,6,11,16-18H2,1-5H3,(H2-,35,36,39,40,41,44)/p+1. The third-order valence-corrected chi connectivity index (χ3v) is 8.64. The molecule has 0 bridgehead atoms. The van der Waals surface area contributed by atoms with Crippen LogP contribution in [0.15, 0.2) is 48.9 Å². The number of pyridine rings is 1. The van der Waals surface area contributed by atoms with Gasteiger partial charge in [0.1, 0.15) is 23.3 Å². The largest absolute Gasteiger partial charge is 0.495 e. The number of ether oxygens (including phenoxy) is 1. The Hall–Kier alpha value is -4.62. The van der Waals surface area contributed by atoms with E-state index in [1.54, 1.807) is 41.3 Å². The highest BCUT2D eigenvalue weighted by Crippen LogP contribution is 2.37. The number of anilines is 4. The second-order valence-corrected chi connectivity index (χ2v) is 13.2. The predicted octanol–water partition coefficient (Wildman–Crippen LogP) is 6.37. The van der Waals surface area contributed by atoms with Crippen molar-refractivity contribution < 1.29 is 32.4 Å². The number of amides is 1. The second kappa shape index (κ2) is 14.9. The Balaban J connectivity index is 1.67. The van der Waals surface area contributed by atoms with Crippen molar-refractivity contribution in [2.75, 3.05) is 37.6 Å². The highest BCUT2D eigenvalue weighted by Gasteiger charge is 2.36. The second-order valence-electron chi connectivity index (χ2n) is 11.5. The Morgan fingerprint density at radius 1 is 1.09 bits per heavy atom. The van der Waals surface area contributed by atoms with E-state index in [2.05, 4.69) is 36.0 Å². The van der Waals surface area contributed by atoms with E-state index < -0.39 is 36.7 Å². The van der Waals surface area contributed by atoms with Crippen LogP contribution in [0.5, 0.6) is 5.75 Å². The number of methoxy groups -OCH3 is 1. The van der Waals surface area contributed by atoms with E-state index in [1.807, 2.05) is 20.8 Å². The fourth-order valence-electron chi connectivity index (χ4n) is 4.55. The molecule has 0 saturated carbocycles. The van der Waals surface area contributed by atoms with Crippen LogP contribution in [-0.4, -0.2) is 62.7 Å². The van der Waals surface area contributed by atoms with Gasteiger partial charge in [0.05, 0.1) is 30.4 Å². The molecule has 4 aromatic rings. The minimum absolute atomic E-state index is 0.0276. The minimum Gasteiger partial charge on any atom is -0.495 e. The highest BCUT2D eigenvalue weighted by molar-refractivity contribution is 7.43. The molecule has 0 aliphatic heterocycles. The molecular weight excluding hydrogens is 636 g/mol. The van der Waals surface area contributed by atoms with Gasteiger partial charge in [0.2, 0.25) is 5.95 Å². The van der Waals surface area contributed by atoms with Crippen LogP contribution in [0.25, 0.3) is 11.3 Å². The summed E-state index contributed by atoms with van der Waals surface area (Å²) < 4.78 is 61.6. The van der Waals surface area contributed by atoms with Crippen molar-refractivity contribution in [2.24, 2.45) is 5.41 Å². The summed E-state index contributed by atoms with van der Waals surface area (Å²) in [4.78, 5) is 25.3. The maximum atomic E-state index is 14.1. The molecule has 12 nitrogen and oxygen atoms in total. The number of benzene rings is 1. The smallest absolute Gasteiger partial charge is 0.421 e. The Kier molecular flexibility index (Phi) is 11.1. The fourth-order valence-corrected chi connectivity index (χ4v) is 5.81. The topological polar surface area (TPSA) is 156 Å². The molecule has 1 atom stereocenters. The first-order chi connectivity index (χ1) is 22.3. The third kappa shape index (κ3) is 9.01. The van der Waals surface area contributed by atoms with E-state index >= 15 is 0 Å². The summed E-state index contributed by atoms with van der Waals surface area (Å²) in [7, 11) is 1.40. The summed E-state index contributed by atoms with van der Waals surface area (Å²) in [5.41, 5.74) is 0.308. The van der Waals surface area contributed by atoms with Crippen molar-refractivity contribution in [1.82, 2.24) is 30.0 Å². The number of aliphatic hydroxyl groups excluding tert-OH is 1. The van der Waals surface area contributed by atoms with Gasteiger partial charge >= 0.3 is 14.0 Å². The molecule has 0 aliphatic carbocycles. The average molecular weight is 674 g/mol. The van der Waals surface area contributed by atoms with Gasteiger partial charge in [-0.1, -0.05) is 31.4 Å². The van der Waals surface area contributed by atoms with Crippen LogP contribution in [-0.2, 0) is 23.4 Å². The molecule has 3 aromatic heterocycles. The molecule has 1 amide bonds. The lowest BCUT2D eigenvalue weighted by atomic mass is 9.95. The number of rotatable bonds is 14. The van der Waals surface area contributed by atoms with Crippen molar-refractivity contribution >= 4 is 36.8 Å². The summed E-state index contributed by atoms with van der Waals surface area (Å²) in [6, 6.07) is 8.08. The molecule has 47 heavy (non-hydrogen) atoms. The lowest BCUT2D eigenvalue weighted by molar-refractivity contribution is -0.137. The SMILES string of the molecule is CCC[P+](=O)Cc1ccc(Nc2ncc(C(F)(F)F)c(Nc3ccc(-c4cnn(CC(C)(C)CO)c4)nc3C(=O)NC)n2)c(OC)c1. The summed E-state index contributed by atoms with van der Waals surface area (Å²) in [5.74, 6) is -1.06. The molecule has 16 heteroatoms. The number of nitrogens with zero attached hydrogens (tertiary/aromatic N) is 5. The van der Waals surface area contributed by atoms with Gasteiger partial charge < -0.3 is 25.8 Å². The molecule has 250 valence electrons. The van der Waals surface area contributed by atoms with Gasteiger partial charge in [0, 0.05) is 49.1 Å². The molecule has 4 rings (SSSR count). The van der Waals surface area contributed by atoms with Crippen molar-refractivity contribution in [2.45, 2.75) is 46.1 Å². The van der Waals surface area contributed by atoms with Crippen LogP contribution in [0.1, 0.15) is 48.8 Å². The van der Waals surface area contributed by atoms with Crippen molar-refractivity contribution in [3.63, 3.8) is 0 Å². The summed E-state index contributed by atoms with van der Waals surface area (Å²) >= 11 is 0. The minimum atomic E-state index is -4.83. The van der Waals surface area contributed by atoms with E-state index in [-0.39, 0.29) is 23.9 Å². The number of alkyl halides is 3. The quantitative estimate of drug-likeness (QED) is 0.111. The van der Waals surface area contributed by atoms with Crippen LogP contribution in [0.2, 0.25) is 0 Å². The molecule has 3 heterocycles. The van der Waals surface area contributed by atoms with Gasteiger partial charge in [-0.3, -0.25) is 9.48 Å². The number of nitrogens with one attached hydrogen (secondary N) is 3. The van der Waals surface area contributed by atoms with E-state index in [9.17, 15) is 27.6 Å². The zero-order valence-electron chi connectivity index (χ0n) is 26.6. The van der Waals surface area contributed by atoms with Crippen molar-refractivity contribution in [3.05, 3.63) is 65.7 Å². The number of hydrogen-bond donors (Lipinski definition) is 4. The highest BCUT2D eigenvalue weighted by atomic mass is 31.1. The lowest BCUT2D eigenvalue weighted by Gasteiger charge is -2.20. The summed E-state index contributed by atoms with van der Waals surface area (Å²) in [6.45, 7) is 6.09. The van der Waals surface area contributed by atoms with E-state index in [4.69, 9.17) is 4.74 Å². The molecule has 0 aliphatic rings. The van der Waals surface area contributed by atoms with E-state index in [1.165, 1.54) is 20.2 Å². The first-order valence-corrected chi connectivity index (χ1v) is 16.3. The Labute approximate surface area is 271 Å². The monoisotopic (exact) mass is 673 g/mol. The van der Waals surface area contributed by atoms with Crippen molar-refractivity contribution in [3.8, 4) is 17.0 Å². The van der Waals surface area contributed by atoms with Crippen LogP contribution < -0.4 is 20.7 Å². The third-order valence-electron chi connectivity index (χ3n) is 6.98. The van der Waals surface area contributed by atoms with E-state index in [0.29, 0.717) is 47.8 Å². The lowest BCUT2D eigenvalue weighted by Crippen LogP contribution is -2.23. The predicted molar refractivity (Wildman–Crippen MR) is 173 cm³/mol. The van der Waals surface area contributed by atoms with Gasteiger partial charge in [0.15, 0.2) is 11.9 Å². The first kappa shape index (κ1) is 35.2. The van der Waals surface area contributed by atoms with Gasteiger partial charge in [-0.25, -0.2) is 9.97 Å². The summed E-state index contributed by atoms with van der Waals surface area (Å²) in [5, 5.41) is 21.9. The zero-order valence-corrected chi connectivity index (χ0v) is 27.5. The average Bonchev–Trinajstić information content (AvgIpc) is 3.49. The van der Waals surface area contributed by atoms with Gasteiger partial charge in [-0.15, -0.1) is 0 Å². The molecule has 1 aromatic carbocycles. The van der Waals surface area contributed by atoms with Crippen LogP contribution in [0.3, 0.4) is 0 Å². The molecule has 1 unspecified atom stereocenters. The fraction of sp³-hybridized carbons (Fsp3) is 0.387. The summed E-state index contributed by atoms with van der Waals surface area (Å²) in [6.07, 6.45) is 0.832. The van der Waals surface area contributed by atoms with Gasteiger partial charge in [-0.05, 0) is 30.7 Å². The molecular formula is C31H37F3N8O4P+. The number of halogens is 3. The Bertz CT molecular complexity index is 1750. The number of aliphatic hydroxyl groups is 1. The molecule has 0 saturated heterocycles. The first-order valence-electron chi connectivity index (χ1n) is 14.7. The van der Waals surface area contributed by atoms with Crippen LogP contribution in [0, 0.1) is 5.41 Å². The number of aromatic nitrogens is 5. The molecule has 0 radical (unpaired) electrons. The van der Waals surface area contributed by atoms with Gasteiger partial charge in [-0.2, -0.15) is 23.3 Å². The molecule has 0 fully saturated rings. The maximum Gasteiger partial charge on any atom is 0.421 e. The number of carbonyl (C=O) groups excluding carboxylic acids is 1. The van der Waals surface area contributed by atoms with E-state index in [0.717, 1.165) is 12.0 Å². The molecule has 0 spiro atoms. The van der Waals surface area contributed by atoms with Gasteiger partial charge in [0.25, 0.3) is 5.91 Å². The normalized spacial score (nSPS) is 12.1. The number of hydrogen-bond acceptors (Lipinski definition) is 10. The Morgan fingerprint density at radius 3 is 2.49 bits per heavy atom. The maximum absolute atomic E-state index is 14.1. The molecule has 4 N–H and O–H groups in total. The van der Waals surface area contributed by atoms with Crippen LogP contribution in [0.4, 0.5) is 36.3 Å². The number of carbonyl (C=O) groups is 1. The zero-order chi connectivity index (χ0) is 34.4.